The molecule has 1 fully saturated rings. The van der Waals surface area contributed by atoms with Crippen LogP contribution in [0.25, 0.3) is 0 Å². The second kappa shape index (κ2) is 6.20. The predicted molar refractivity (Wildman–Crippen MR) is 94.7 cm³/mol. The lowest BCUT2D eigenvalue weighted by molar-refractivity contribution is -0.0891. The Hall–Kier alpha value is -1.76. The summed E-state index contributed by atoms with van der Waals surface area (Å²) in [5.74, 6) is 0. The van der Waals surface area contributed by atoms with Gasteiger partial charge in [0, 0.05) is 25.5 Å². The van der Waals surface area contributed by atoms with E-state index in [9.17, 15) is 8.42 Å². The van der Waals surface area contributed by atoms with Gasteiger partial charge in [0.2, 0.25) is 10.0 Å². The fourth-order valence-electron chi connectivity index (χ4n) is 3.94. The summed E-state index contributed by atoms with van der Waals surface area (Å²) in [6, 6.07) is 10.1. The first-order valence-electron chi connectivity index (χ1n) is 8.65. The SMILES string of the molecule is Cc1cncc(S(=O)(=O)N2CCC3(CC2)OCCc2ccccc23)c1. The van der Waals surface area contributed by atoms with E-state index in [1.165, 1.54) is 17.3 Å². The number of hydrogen-bond donors (Lipinski definition) is 0. The van der Waals surface area contributed by atoms with Crippen molar-refractivity contribution < 1.29 is 13.2 Å². The molecule has 1 aromatic heterocycles. The molecule has 6 heteroatoms. The van der Waals surface area contributed by atoms with Crippen molar-refractivity contribution in [3.05, 3.63) is 59.4 Å². The highest BCUT2D eigenvalue weighted by atomic mass is 32.2. The molecule has 3 heterocycles. The first kappa shape index (κ1) is 16.7. The standard InChI is InChI=1S/C19H22N2O3S/c1-15-12-17(14-20-13-15)25(22,23)21-9-7-19(8-10-21)18-5-3-2-4-16(18)6-11-24-19/h2-5,12-14H,6-11H2,1H3. The predicted octanol–water partition coefficient (Wildman–Crippen LogP) is 2.64. The fourth-order valence-corrected chi connectivity index (χ4v) is 5.43. The van der Waals surface area contributed by atoms with Gasteiger partial charge >= 0.3 is 0 Å². The van der Waals surface area contributed by atoms with Crippen molar-refractivity contribution in [3.8, 4) is 0 Å². The fraction of sp³-hybridized carbons (Fsp3) is 0.421. The molecule has 0 bridgehead atoms. The second-order valence-electron chi connectivity index (χ2n) is 6.85. The maximum Gasteiger partial charge on any atom is 0.244 e. The van der Waals surface area contributed by atoms with E-state index < -0.39 is 10.0 Å². The molecule has 5 nitrogen and oxygen atoms in total. The third-order valence-electron chi connectivity index (χ3n) is 5.28. The molecule has 2 aromatic rings. The van der Waals surface area contributed by atoms with Crippen molar-refractivity contribution in [2.45, 2.75) is 36.7 Å². The molecule has 1 aromatic carbocycles. The van der Waals surface area contributed by atoms with Crippen LogP contribution < -0.4 is 0 Å². The van der Waals surface area contributed by atoms with Crippen molar-refractivity contribution >= 4 is 10.0 Å². The summed E-state index contributed by atoms with van der Waals surface area (Å²) in [6.45, 7) is 3.48. The Morgan fingerprint density at radius 1 is 1.16 bits per heavy atom. The maximum atomic E-state index is 12.9. The van der Waals surface area contributed by atoms with Gasteiger partial charge < -0.3 is 4.74 Å². The molecule has 0 saturated carbocycles. The normalized spacial score (nSPS) is 20.4. The lowest BCUT2D eigenvalue weighted by atomic mass is 9.80. The van der Waals surface area contributed by atoms with Gasteiger partial charge in [-0.05, 0) is 48.9 Å². The molecule has 2 aliphatic rings. The number of pyridine rings is 1. The Bertz CT molecular complexity index is 887. The van der Waals surface area contributed by atoms with Gasteiger partial charge in [0.05, 0.1) is 12.2 Å². The number of nitrogens with zero attached hydrogens (tertiary/aromatic N) is 2. The van der Waals surface area contributed by atoms with Crippen LogP contribution in [0.2, 0.25) is 0 Å². The summed E-state index contributed by atoms with van der Waals surface area (Å²) in [5.41, 5.74) is 3.06. The van der Waals surface area contributed by atoms with Crippen LogP contribution in [-0.2, 0) is 26.8 Å². The highest BCUT2D eigenvalue weighted by Gasteiger charge is 2.43. The van der Waals surface area contributed by atoms with Crippen LogP contribution in [0.5, 0.6) is 0 Å². The summed E-state index contributed by atoms with van der Waals surface area (Å²) in [4.78, 5) is 4.30. The van der Waals surface area contributed by atoms with Crippen LogP contribution in [0, 0.1) is 6.92 Å². The molecule has 0 atom stereocenters. The van der Waals surface area contributed by atoms with Gasteiger partial charge in [-0.25, -0.2) is 8.42 Å². The number of hydrogen-bond acceptors (Lipinski definition) is 4. The second-order valence-corrected chi connectivity index (χ2v) is 8.79. The zero-order chi connectivity index (χ0) is 17.5. The highest BCUT2D eigenvalue weighted by Crippen LogP contribution is 2.42. The van der Waals surface area contributed by atoms with Crippen LogP contribution in [0.1, 0.15) is 29.5 Å². The van der Waals surface area contributed by atoms with Gasteiger partial charge in [0.25, 0.3) is 0 Å². The van der Waals surface area contributed by atoms with Crippen LogP contribution in [0.4, 0.5) is 0 Å². The first-order chi connectivity index (χ1) is 12.0. The van der Waals surface area contributed by atoms with E-state index in [0.29, 0.717) is 32.5 Å². The van der Waals surface area contributed by atoms with Crippen molar-refractivity contribution in [2.24, 2.45) is 0 Å². The number of piperidine rings is 1. The largest absolute Gasteiger partial charge is 0.370 e. The molecule has 0 aliphatic carbocycles. The van der Waals surface area contributed by atoms with Crippen molar-refractivity contribution in [1.29, 1.82) is 0 Å². The Morgan fingerprint density at radius 3 is 2.68 bits per heavy atom. The quantitative estimate of drug-likeness (QED) is 0.828. The molecule has 1 saturated heterocycles. The third-order valence-corrected chi connectivity index (χ3v) is 7.14. The molecule has 0 N–H and O–H groups in total. The van der Waals surface area contributed by atoms with Crippen molar-refractivity contribution in [3.63, 3.8) is 0 Å². The van der Waals surface area contributed by atoms with E-state index in [1.54, 1.807) is 16.6 Å². The average Bonchev–Trinajstić information content (AvgIpc) is 2.63. The number of rotatable bonds is 2. The van der Waals surface area contributed by atoms with Crippen molar-refractivity contribution in [1.82, 2.24) is 9.29 Å². The lowest BCUT2D eigenvalue weighted by Crippen LogP contribution is -2.48. The molecule has 132 valence electrons. The van der Waals surface area contributed by atoms with E-state index in [4.69, 9.17) is 4.74 Å². The number of benzene rings is 1. The summed E-state index contributed by atoms with van der Waals surface area (Å²) in [7, 11) is -3.50. The van der Waals surface area contributed by atoms with Gasteiger partial charge in [-0.2, -0.15) is 4.31 Å². The van der Waals surface area contributed by atoms with E-state index >= 15 is 0 Å². The minimum absolute atomic E-state index is 0.272. The zero-order valence-electron chi connectivity index (χ0n) is 14.3. The molecule has 2 aliphatic heterocycles. The van der Waals surface area contributed by atoms with Crippen molar-refractivity contribution in [2.75, 3.05) is 19.7 Å². The summed E-state index contributed by atoms with van der Waals surface area (Å²) in [5, 5.41) is 0. The number of aromatic nitrogens is 1. The molecule has 0 radical (unpaired) electrons. The summed E-state index contributed by atoms with van der Waals surface area (Å²) in [6.07, 6.45) is 5.38. The van der Waals surface area contributed by atoms with Gasteiger partial charge in [-0.1, -0.05) is 24.3 Å². The molecular formula is C19H22N2O3S. The Kier molecular flexibility index (Phi) is 4.14. The maximum absolute atomic E-state index is 12.9. The van der Waals surface area contributed by atoms with Gasteiger partial charge in [0.1, 0.15) is 4.90 Å². The zero-order valence-corrected chi connectivity index (χ0v) is 15.1. The third kappa shape index (κ3) is 2.88. The Labute approximate surface area is 148 Å². The van der Waals surface area contributed by atoms with Crippen LogP contribution in [0.15, 0.2) is 47.6 Å². The minimum Gasteiger partial charge on any atom is -0.370 e. The van der Waals surface area contributed by atoms with Gasteiger partial charge in [-0.3, -0.25) is 4.98 Å². The Morgan fingerprint density at radius 2 is 1.92 bits per heavy atom. The number of fused-ring (bicyclic) bond motifs is 2. The number of sulfonamides is 1. The van der Waals surface area contributed by atoms with Crippen LogP contribution in [-0.4, -0.2) is 37.4 Å². The van der Waals surface area contributed by atoms with E-state index in [0.717, 1.165) is 12.0 Å². The summed E-state index contributed by atoms with van der Waals surface area (Å²) < 4.78 is 33.6. The van der Waals surface area contributed by atoms with Gasteiger partial charge in [0.15, 0.2) is 0 Å². The van der Waals surface area contributed by atoms with Crippen LogP contribution in [0.3, 0.4) is 0 Å². The van der Waals surface area contributed by atoms with E-state index in [-0.39, 0.29) is 10.5 Å². The summed E-state index contributed by atoms with van der Waals surface area (Å²) >= 11 is 0. The smallest absolute Gasteiger partial charge is 0.244 e. The highest BCUT2D eigenvalue weighted by molar-refractivity contribution is 7.89. The molecule has 25 heavy (non-hydrogen) atoms. The number of ether oxygens (including phenoxy) is 1. The average molecular weight is 358 g/mol. The van der Waals surface area contributed by atoms with E-state index in [1.807, 2.05) is 13.0 Å². The molecule has 0 amide bonds. The monoisotopic (exact) mass is 358 g/mol. The lowest BCUT2D eigenvalue weighted by Gasteiger charge is -2.44. The molecule has 1 spiro atoms. The van der Waals surface area contributed by atoms with Crippen LogP contribution >= 0.6 is 0 Å². The molecule has 4 rings (SSSR count). The topological polar surface area (TPSA) is 59.5 Å². The van der Waals surface area contributed by atoms with Gasteiger partial charge in [-0.15, -0.1) is 0 Å². The Balaban J connectivity index is 1.58. The van der Waals surface area contributed by atoms with E-state index in [2.05, 4.69) is 23.2 Å². The molecule has 0 unspecified atom stereocenters. The molecular weight excluding hydrogens is 336 g/mol. The number of aryl methyl sites for hydroxylation is 1. The first-order valence-corrected chi connectivity index (χ1v) is 10.1. The minimum atomic E-state index is -3.50.